The second-order valence-electron chi connectivity index (χ2n) is 7.36. The number of ether oxygens (including phenoxy) is 1. The number of rotatable bonds is 10. The largest absolute Gasteiger partial charge is 0.493 e. The molecule has 0 saturated carbocycles. The smallest absolute Gasteiger partial charge is 0.125 e. The topological polar surface area (TPSA) is 42.4 Å². The van der Waals surface area contributed by atoms with Crippen LogP contribution >= 0.6 is 0 Å². The third-order valence-electron chi connectivity index (χ3n) is 4.40. The molecule has 3 heteroatoms. The van der Waals surface area contributed by atoms with Crippen molar-refractivity contribution >= 4 is 0 Å². The summed E-state index contributed by atoms with van der Waals surface area (Å²) >= 11 is 0. The van der Waals surface area contributed by atoms with Crippen LogP contribution in [0, 0.1) is 6.92 Å². The molecule has 29 heavy (non-hydrogen) atoms. The van der Waals surface area contributed by atoms with Crippen molar-refractivity contribution in [2.24, 2.45) is 0 Å². The van der Waals surface area contributed by atoms with Crippen LogP contribution in [0.5, 0.6) is 5.75 Å². The van der Waals surface area contributed by atoms with Gasteiger partial charge in [-0.05, 0) is 44.0 Å². The van der Waals surface area contributed by atoms with Crippen molar-refractivity contribution in [2.45, 2.75) is 92.1 Å². The van der Waals surface area contributed by atoms with Crippen molar-refractivity contribution in [1.82, 2.24) is 4.98 Å². The summed E-state index contributed by atoms with van der Waals surface area (Å²) in [6.07, 6.45) is 13.7. The zero-order valence-corrected chi connectivity index (χ0v) is 19.4. The van der Waals surface area contributed by atoms with Crippen molar-refractivity contribution in [3.05, 3.63) is 59.9 Å². The Hall–Kier alpha value is -1.87. The lowest BCUT2D eigenvalue weighted by Crippen LogP contribution is -2.02. The van der Waals surface area contributed by atoms with Crippen LogP contribution in [0.4, 0.5) is 0 Å². The van der Waals surface area contributed by atoms with Gasteiger partial charge >= 0.3 is 0 Å². The summed E-state index contributed by atoms with van der Waals surface area (Å²) in [7, 11) is 0. The second kappa shape index (κ2) is 19.4. The minimum absolute atomic E-state index is 0.470. The van der Waals surface area contributed by atoms with Gasteiger partial charge in [-0.25, -0.2) is 0 Å². The van der Waals surface area contributed by atoms with Crippen LogP contribution in [-0.2, 0) is 0 Å². The van der Waals surface area contributed by atoms with E-state index in [1.54, 1.807) is 19.3 Å². The van der Waals surface area contributed by atoms with E-state index in [-0.39, 0.29) is 0 Å². The molecule has 1 heterocycles. The van der Waals surface area contributed by atoms with Gasteiger partial charge in [0.1, 0.15) is 5.75 Å². The fourth-order valence-corrected chi connectivity index (χ4v) is 2.60. The summed E-state index contributed by atoms with van der Waals surface area (Å²) in [6.45, 7) is 11.2. The minimum Gasteiger partial charge on any atom is -0.493 e. The fraction of sp³-hybridized carbons (Fsp3) is 0.577. The summed E-state index contributed by atoms with van der Waals surface area (Å²) in [6, 6.07) is 11.6. The fourth-order valence-electron chi connectivity index (χ4n) is 2.60. The predicted molar refractivity (Wildman–Crippen MR) is 126 cm³/mol. The van der Waals surface area contributed by atoms with E-state index in [2.05, 4.69) is 25.8 Å². The van der Waals surface area contributed by atoms with Crippen molar-refractivity contribution in [3.63, 3.8) is 0 Å². The molecule has 2 aromatic rings. The van der Waals surface area contributed by atoms with Crippen molar-refractivity contribution in [1.29, 1.82) is 0 Å². The molecule has 1 aromatic heterocycles. The Morgan fingerprint density at radius 2 is 1.45 bits per heavy atom. The van der Waals surface area contributed by atoms with E-state index >= 15 is 0 Å². The Morgan fingerprint density at radius 1 is 0.862 bits per heavy atom. The lowest BCUT2D eigenvalue weighted by Gasteiger charge is -2.13. The van der Waals surface area contributed by atoms with Gasteiger partial charge in [0.25, 0.3) is 0 Å². The molecule has 0 saturated heterocycles. The molecule has 1 unspecified atom stereocenters. The number of hydrogen-bond donors (Lipinski definition) is 1. The van der Waals surface area contributed by atoms with Gasteiger partial charge in [0.15, 0.2) is 0 Å². The van der Waals surface area contributed by atoms with Gasteiger partial charge in [-0.1, -0.05) is 83.9 Å². The van der Waals surface area contributed by atoms with Crippen LogP contribution in [0.1, 0.15) is 96.3 Å². The van der Waals surface area contributed by atoms with Crippen LogP contribution in [0.25, 0.3) is 0 Å². The second-order valence-corrected chi connectivity index (χ2v) is 7.36. The van der Waals surface area contributed by atoms with Crippen LogP contribution < -0.4 is 4.74 Å². The Labute approximate surface area is 179 Å². The number of nitrogens with zero attached hydrogens (tertiary/aromatic N) is 1. The predicted octanol–water partition coefficient (Wildman–Crippen LogP) is 7.68. The van der Waals surface area contributed by atoms with Crippen molar-refractivity contribution in [3.8, 4) is 5.75 Å². The zero-order valence-electron chi connectivity index (χ0n) is 19.4. The Morgan fingerprint density at radius 3 is 1.86 bits per heavy atom. The van der Waals surface area contributed by atoms with E-state index in [4.69, 9.17) is 4.74 Å². The van der Waals surface area contributed by atoms with Crippen molar-refractivity contribution in [2.75, 3.05) is 6.61 Å². The third-order valence-corrected chi connectivity index (χ3v) is 4.40. The lowest BCUT2D eigenvalue weighted by molar-refractivity contribution is 0.191. The maximum absolute atomic E-state index is 9.57. The molecule has 164 valence electrons. The molecule has 3 nitrogen and oxygen atoms in total. The van der Waals surface area contributed by atoms with Gasteiger partial charge in [-0.2, -0.15) is 0 Å². The molecular formula is C26H43NO2. The molecule has 0 bridgehead atoms. The number of benzene rings is 1. The molecule has 0 aliphatic carbocycles. The van der Waals surface area contributed by atoms with Crippen LogP contribution in [-0.4, -0.2) is 16.7 Å². The van der Waals surface area contributed by atoms with E-state index in [1.807, 2.05) is 43.3 Å². The summed E-state index contributed by atoms with van der Waals surface area (Å²) in [4.78, 5) is 3.78. The van der Waals surface area contributed by atoms with E-state index in [0.717, 1.165) is 36.3 Å². The van der Waals surface area contributed by atoms with Gasteiger partial charge in [0.05, 0.1) is 12.7 Å². The summed E-state index contributed by atoms with van der Waals surface area (Å²) < 4.78 is 5.66. The number of aliphatic hydroxyl groups is 1. The molecule has 2 rings (SSSR count). The SMILES string of the molecule is CCCCCCCC.CCCCOc1cc(C)ccc1C(C)O.c1ccncc1. The standard InChI is InChI=1S/C13H20O2.C8H18.C5H5N/c1-4-5-8-15-13-9-10(2)6-7-12(13)11(3)14;1-3-5-7-8-6-4-2;1-2-4-6-5-3-1/h6-7,9,11,14H,4-5,8H2,1-3H3;3-8H2,1-2H3;1-5H. The molecule has 1 N–H and O–H groups in total. The van der Waals surface area contributed by atoms with Crippen LogP contribution in [0.15, 0.2) is 48.8 Å². The van der Waals surface area contributed by atoms with Gasteiger partial charge in [-0.3, -0.25) is 4.98 Å². The first kappa shape index (κ1) is 27.1. The van der Waals surface area contributed by atoms with Gasteiger partial charge in [-0.15, -0.1) is 0 Å². The van der Waals surface area contributed by atoms with Crippen LogP contribution in [0.2, 0.25) is 0 Å². The highest BCUT2D eigenvalue weighted by molar-refractivity contribution is 5.38. The zero-order chi connectivity index (χ0) is 21.7. The first-order chi connectivity index (χ1) is 14.1. The molecule has 0 radical (unpaired) electrons. The molecule has 1 atom stereocenters. The molecule has 1 aromatic carbocycles. The average Bonchev–Trinajstić information content (AvgIpc) is 2.74. The molecule has 0 amide bonds. The number of pyridine rings is 1. The highest BCUT2D eigenvalue weighted by Gasteiger charge is 2.08. The van der Waals surface area contributed by atoms with Gasteiger partial charge in [0.2, 0.25) is 0 Å². The number of aliphatic hydroxyl groups excluding tert-OH is 1. The Balaban J connectivity index is 0.000000466. The van der Waals surface area contributed by atoms with Crippen molar-refractivity contribution < 1.29 is 9.84 Å². The van der Waals surface area contributed by atoms with E-state index < -0.39 is 6.10 Å². The quantitative estimate of drug-likeness (QED) is 0.415. The molecule has 0 aliphatic rings. The third kappa shape index (κ3) is 15.7. The number of unbranched alkanes of at least 4 members (excludes halogenated alkanes) is 6. The summed E-state index contributed by atoms with van der Waals surface area (Å²) in [5.74, 6) is 0.818. The first-order valence-electron chi connectivity index (χ1n) is 11.3. The number of aryl methyl sites for hydroxylation is 1. The van der Waals surface area contributed by atoms with Gasteiger partial charge in [0, 0.05) is 18.0 Å². The number of hydrogen-bond acceptors (Lipinski definition) is 3. The highest BCUT2D eigenvalue weighted by Crippen LogP contribution is 2.26. The lowest BCUT2D eigenvalue weighted by atomic mass is 10.1. The molecule has 0 fully saturated rings. The van der Waals surface area contributed by atoms with Crippen LogP contribution in [0.3, 0.4) is 0 Å². The Bertz CT molecular complexity index is 552. The number of aromatic nitrogens is 1. The van der Waals surface area contributed by atoms with E-state index in [9.17, 15) is 5.11 Å². The van der Waals surface area contributed by atoms with E-state index in [1.165, 1.54) is 38.5 Å². The molecule has 0 spiro atoms. The molecule has 0 aliphatic heterocycles. The average molecular weight is 402 g/mol. The maximum atomic E-state index is 9.57. The highest BCUT2D eigenvalue weighted by atomic mass is 16.5. The van der Waals surface area contributed by atoms with E-state index in [0.29, 0.717) is 0 Å². The normalized spacial score (nSPS) is 10.8. The minimum atomic E-state index is -0.470. The summed E-state index contributed by atoms with van der Waals surface area (Å²) in [5, 5.41) is 9.57. The molecular weight excluding hydrogens is 358 g/mol. The summed E-state index contributed by atoms with van der Waals surface area (Å²) in [5.41, 5.74) is 2.03. The maximum Gasteiger partial charge on any atom is 0.125 e. The van der Waals surface area contributed by atoms with Gasteiger partial charge < -0.3 is 9.84 Å². The Kier molecular flexibility index (Phi) is 18.2. The monoisotopic (exact) mass is 401 g/mol. The first-order valence-corrected chi connectivity index (χ1v) is 11.3.